The van der Waals surface area contributed by atoms with Gasteiger partial charge in [0.05, 0.1) is 12.6 Å². The highest BCUT2D eigenvalue weighted by atomic mass is 32.1. The van der Waals surface area contributed by atoms with Crippen molar-refractivity contribution in [2.24, 2.45) is 11.3 Å². The van der Waals surface area contributed by atoms with Crippen LogP contribution in [0.15, 0.2) is 12.1 Å². The summed E-state index contributed by atoms with van der Waals surface area (Å²) in [6.07, 6.45) is 5.59. The lowest BCUT2D eigenvalue weighted by molar-refractivity contribution is -0.127. The average molecular weight is 349 g/mol. The van der Waals surface area contributed by atoms with E-state index in [1.165, 1.54) is 22.6 Å². The molecule has 4 nitrogen and oxygen atoms in total. The van der Waals surface area contributed by atoms with Crippen LogP contribution in [0.4, 0.5) is 0 Å². The second kappa shape index (κ2) is 6.77. The zero-order valence-electron chi connectivity index (χ0n) is 14.6. The molecule has 1 atom stereocenters. The molecular formula is C19H28N2O2S. The smallest absolute Gasteiger partial charge is 0.223 e. The molecule has 1 aromatic rings. The Hall–Kier alpha value is -0.910. The van der Waals surface area contributed by atoms with Gasteiger partial charge < -0.3 is 10.1 Å². The third-order valence-electron chi connectivity index (χ3n) is 6.06. The monoisotopic (exact) mass is 348 g/mol. The molecule has 1 N–H and O–H groups in total. The number of aryl methyl sites for hydroxylation is 1. The van der Waals surface area contributed by atoms with Gasteiger partial charge in [0.15, 0.2) is 0 Å². The fraction of sp³-hybridized carbons (Fsp3) is 0.737. The molecule has 0 unspecified atom stereocenters. The van der Waals surface area contributed by atoms with Crippen molar-refractivity contribution in [2.45, 2.75) is 51.6 Å². The molecule has 132 valence electrons. The van der Waals surface area contributed by atoms with E-state index in [1.54, 1.807) is 0 Å². The van der Waals surface area contributed by atoms with E-state index in [0.29, 0.717) is 6.61 Å². The van der Waals surface area contributed by atoms with E-state index in [-0.39, 0.29) is 23.3 Å². The van der Waals surface area contributed by atoms with Crippen LogP contribution in [0.1, 0.15) is 41.9 Å². The van der Waals surface area contributed by atoms with E-state index in [2.05, 4.69) is 29.3 Å². The molecule has 0 radical (unpaired) electrons. The average Bonchev–Trinajstić information content (AvgIpc) is 3.36. The van der Waals surface area contributed by atoms with Crippen molar-refractivity contribution < 1.29 is 9.53 Å². The summed E-state index contributed by atoms with van der Waals surface area (Å²) in [4.78, 5) is 17.7. The van der Waals surface area contributed by atoms with Crippen molar-refractivity contribution in [3.63, 3.8) is 0 Å². The van der Waals surface area contributed by atoms with Gasteiger partial charge in [-0.1, -0.05) is 0 Å². The van der Waals surface area contributed by atoms with Crippen LogP contribution in [0.3, 0.4) is 0 Å². The Balaban J connectivity index is 1.36. The molecule has 0 bridgehead atoms. The number of nitrogens with zero attached hydrogens (tertiary/aromatic N) is 1. The quantitative estimate of drug-likeness (QED) is 0.910. The van der Waals surface area contributed by atoms with Gasteiger partial charge in [-0.15, -0.1) is 11.3 Å². The number of piperidine rings is 1. The Labute approximate surface area is 148 Å². The van der Waals surface area contributed by atoms with Crippen LogP contribution in [-0.2, 0) is 16.1 Å². The third-order valence-corrected chi connectivity index (χ3v) is 7.05. The molecule has 3 aliphatic rings. The highest BCUT2D eigenvalue weighted by Crippen LogP contribution is 2.42. The maximum Gasteiger partial charge on any atom is 0.223 e. The van der Waals surface area contributed by atoms with Crippen LogP contribution in [0.25, 0.3) is 0 Å². The van der Waals surface area contributed by atoms with Gasteiger partial charge in [-0.25, -0.2) is 0 Å². The number of amides is 1. The summed E-state index contributed by atoms with van der Waals surface area (Å²) in [5.41, 5.74) is 0.255. The number of ether oxygens (including phenoxy) is 1. The number of hydrogen-bond acceptors (Lipinski definition) is 4. The summed E-state index contributed by atoms with van der Waals surface area (Å²) in [6.45, 7) is 7.06. The predicted octanol–water partition coefficient (Wildman–Crippen LogP) is 2.95. The number of rotatable bonds is 4. The number of hydrogen-bond donors (Lipinski definition) is 1. The van der Waals surface area contributed by atoms with Gasteiger partial charge in [-0.3, -0.25) is 9.69 Å². The van der Waals surface area contributed by atoms with E-state index in [1.807, 2.05) is 11.3 Å². The zero-order valence-corrected chi connectivity index (χ0v) is 15.4. The summed E-state index contributed by atoms with van der Waals surface area (Å²) in [6, 6.07) is 4.69. The van der Waals surface area contributed by atoms with Crippen molar-refractivity contribution in [3.8, 4) is 0 Å². The maximum atomic E-state index is 12.2. The lowest BCUT2D eigenvalue weighted by Gasteiger charge is -2.49. The van der Waals surface area contributed by atoms with Crippen LogP contribution >= 0.6 is 11.3 Å². The van der Waals surface area contributed by atoms with Gasteiger partial charge in [0.1, 0.15) is 0 Å². The molecule has 2 aliphatic heterocycles. The van der Waals surface area contributed by atoms with Crippen molar-refractivity contribution in [1.29, 1.82) is 0 Å². The number of carbonyl (C=O) groups excluding carboxylic acids is 1. The first-order valence-corrected chi connectivity index (χ1v) is 10.1. The van der Waals surface area contributed by atoms with E-state index in [9.17, 15) is 4.79 Å². The van der Waals surface area contributed by atoms with Gasteiger partial charge in [-0.05, 0) is 69.7 Å². The second-order valence-electron chi connectivity index (χ2n) is 7.81. The predicted molar refractivity (Wildman–Crippen MR) is 96.1 cm³/mol. The molecule has 1 aromatic heterocycles. The Bertz CT molecular complexity index is 588. The summed E-state index contributed by atoms with van der Waals surface area (Å²) in [5, 5.41) is 3.33. The highest BCUT2D eigenvalue weighted by molar-refractivity contribution is 7.11. The van der Waals surface area contributed by atoms with Crippen molar-refractivity contribution >= 4 is 17.2 Å². The topological polar surface area (TPSA) is 41.6 Å². The molecule has 5 heteroatoms. The summed E-state index contributed by atoms with van der Waals surface area (Å²) < 4.78 is 5.71. The third kappa shape index (κ3) is 3.53. The van der Waals surface area contributed by atoms with Gasteiger partial charge >= 0.3 is 0 Å². The van der Waals surface area contributed by atoms with Gasteiger partial charge in [-0.2, -0.15) is 0 Å². The summed E-state index contributed by atoms with van der Waals surface area (Å²) in [5.74, 6) is 0.549. The molecule has 4 rings (SSSR count). The van der Waals surface area contributed by atoms with E-state index in [0.717, 1.165) is 45.5 Å². The number of nitrogens with one attached hydrogen (secondary N) is 1. The Kier molecular flexibility index (Phi) is 4.67. The summed E-state index contributed by atoms with van der Waals surface area (Å²) in [7, 11) is 0. The lowest BCUT2D eigenvalue weighted by atomic mass is 9.69. The van der Waals surface area contributed by atoms with Crippen molar-refractivity contribution in [3.05, 3.63) is 21.9 Å². The van der Waals surface area contributed by atoms with Crippen molar-refractivity contribution in [1.82, 2.24) is 10.2 Å². The highest BCUT2D eigenvalue weighted by Gasteiger charge is 2.45. The Morgan fingerprint density at radius 2 is 2.12 bits per heavy atom. The van der Waals surface area contributed by atoms with E-state index in [4.69, 9.17) is 4.74 Å². The standard InChI is InChI=1S/C19H28N2O2S/c1-14-2-5-16(24-14)12-21-9-6-19(7-10-21)8-11-23-13-17(19)20-18(22)15-3-4-15/h2,5,15,17H,3-4,6-13H2,1H3,(H,20,22)/t17-/m0/s1. The fourth-order valence-electron chi connectivity index (χ4n) is 4.20. The lowest BCUT2D eigenvalue weighted by Crippen LogP contribution is -2.57. The van der Waals surface area contributed by atoms with Crippen LogP contribution in [0, 0.1) is 18.3 Å². The minimum atomic E-state index is 0.213. The fourth-order valence-corrected chi connectivity index (χ4v) is 5.14. The molecule has 1 spiro atoms. The number of thiophene rings is 1. The molecule has 1 aliphatic carbocycles. The van der Waals surface area contributed by atoms with E-state index >= 15 is 0 Å². The zero-order chi connectivity index (χ0) is 16.6. The minimum Gasteiger partial charge on any atom is -0.379 e. The van der Waals surface area contributed by atoms with Gasteiger partial charge in [0, 0.05) is 28.8 Å². The van der Waals surface area contributed by atoms with Crippen LogP contribution in [0.2, 0.25) is 0 Å². The maximum absolute atomic E-state index is 12.2. The molecule has 1 saturated carbocycles. The minimum absolute atomic E-state index is 0.213. The van der Waals surface area contributed by atoms with Crippen LogP contribution < -0.4 is 5.32 Å². The Morgan fingerprint density at radius 3 is 2.79 bits per heavy atom. The largest absolute Gasteiger partial charge is 0.379 e. The van der Waals surface area contributed by atoms with Crippen LogP contribution in [-0.4, -0.2) is 43.2 Å². The molecule has 1 amide bonds. The summed E-state index contributed by atoms with van der Waals surface area (Å²) >= 11 is 1.91. The molecule has 2 saturated heterocycles. The Morgan fingerprint density at radius 1 is 1.33 bits per heavy atom. The molecular weight excluding hydrogens is 320 g/mol. The first-order chi connectivity index (χ1) is 11.6. The van der Waals surface area contributed by atoms with Crippen molar-refractivity contribution in [2.75, 3.05) is 26.3 Å². The second-order valence-corrected chi connectivity index (χ2v) is 9.18. The van der Waals surface area contributed by atoms with Crippen LogP contribution in [0.5, 0.6) is 0 Å². The molecule has 24 heavy (non-hydrogen) atoms. The molecule has 3 heterocycles. The first-order valence-electron chi connectivity index (χ1n) is 9.30. The molecule has 3 fully saturated rings. The normalized spacial score (nSPS) is 27.3. The SMILES string of the molecule is Cc1ccc(CN2CCC3(CCOC[C@@H]3NC(=O)C3CC3)CC2)s1. The number of likely N-dealkylation sites (tertiary alicyclic amines) is 1. The molecule has 0 aromatic carbocycles. The van der Waals surface area contributed by atoms with Gasteiger partial charge in [0.25, 0.3) is 0 Å². The first kappa shape index (κ1) is 16.6. The number of carbonyl (C=O) groups is 1. The van der Waals surface area contributed by atoms with Gasteiger partial charge in [0.2, 0.25) is 5.91 Å². The van der Waals surface area contributed by atoms with E-state index < -0.39 is 0 Å².